The van der Waals surface area contributed by atoms with Crippen molar-refractivity contribution in [3.8, 4) is 0 Å². The largest absolute Gasteiger partial charge is 0.290 e. The van der Waals surface area contributed by atoms with Gasteiger partial charge in [-0.25, -0.2) is 8.42 Å². The lowest BCUT2D eigenvalue weighted by molar-refractivity contribution is 0.231. The lowest BCUT2D eigenvalue weighted by Gasteiger charge is -2.04. The topological polar surface area (TPSA) is 90.2 Å². The Balaban J connectivity index is 2.78. The minimum absolute atomic E-state index is 0.0680. The zero-order chi connectivity index (χ0) is 12.2. The van der Waals surface area contributed by atoms with Gasteiger partial charge in [0, 0.05) is 11.4 Å². The first kappa shape index (κ1) is 13.0. The lowest BCUT2D eigenvalue weighted by Crippen LogP contribution is -2.21. The Hall–Kier alpha value is -1.11. The van der Waals surface area contributed by atoms with E-state index in [1.165, 1.54) is 24.3 Å². The van der Waals surface area contributed by atoms with E-state index in [-0.39, 0.29) is 22.9 Å². The second-order valence-electron chi connectivity index (χ2n) is 3.11. The SMILES string of the molecule is N=C(CCS(=O)(=O)c1ccc(Cl)cc1)NO. The second-order valence-corrected chi connectivity index (χ2v) is 5.66. The predicted molar refractivity (Wildman–Crippen MR) is 60.8 cm³/mol. The van der Waals surface area contributed by atoms with Crippen LogP contribution in [0, 0.1) is 5.41 Å². The number of sulfone groups is 1. The number of hydrogen-bond acceptors (Lipinski definition) is 4. The van der Waals surface area contributed by atoms with E-state index in [0.29, 0.717) is 5.02 Å². The summed E-state index contributed by atoms with van der Waals surface area (Å²) in [4.78, 5) is 0.155. The van der Waals surface area contributed by atoms with Crippen molar-refractivity contribution in [1.82, 2.24) is 5.48 Å². The first-order valence-corrected chi connectivity index (χ1v) is 6.44. The molecule has 0 aromatic heterocycles. The highest BCUT2D eigenvalue weighted by molar-refractivity contribution is 7.91. The summed E-state index contributed by atoms with van der Waals surface area (Å²) in [6.45, 7) is 0. The second kappa shape index (κ2) is 5.29. The number of amidine groups is 1. The van der Waals surface area contributed by atoms with Crippen LogP contribution in [0.3, 0.4) is 0 Å². The maximum atomic E-state index is 11.7. The summed E-state index contributed by atoms with van der Waals surface area (Å²) in [5.74, 6) is -0.473. The van der Waals surface area contributed by atoms with E-state index < -0.39 is 9.84 Å². The van der Waals surface area contributed by atoms with Gasteiger partial charge in [-0.3, -0.25) is 16.1 Å². The molecule has 0 aliphatic rings. The molecule has 0 bridgehead atoms. The monoisotopic (exact) mass is 262 g/mol. The molecule has 0 atom stereocenters. The van der Waals surface area contributed by atoms with Crippen LogP contribution in [0.4, 0.5) is 0 Å². The van der Waals surface area contributed by atoms with Gasteiger partial charge in [0.2, 0.25) is 0 Å². The Morgan fingerprint density at radius 3 is 2.44 bits per heavy atom. The maximum Gasteiger partial charge on any atom is 0.178 e. The van der Waals surface area contributed by atoms with Crippen molar-refractivity contribution in [3.05, 3.63) is 29.3 Å². The zero-order valence-electron chi connectivity index (χ0n) is 8.27. The minimum atomic E-state index is -3.43. The fourth-order valence-electron chi connectivity index (χ4n) is 1.05. The maximum absolute atomic E-state index is 11.7. The Morgan fingerprint density at radius 1 is 1.38 bits per heavy atom. The van der Waals surface area contributed by atoms with E-state index in [2.05, 4.69) is 0 Å². The Bertz CT molecular complexity index is 470. The van der Waals surface area contributed by atoms with Crippen molar-refractivity contribution in [2.24, 2.45) is 0 Å². The quantitative estimate of drug-likeness (QED) is 0.435. The van der Waals surface area contributed by atoms with Gasteiger partial charge in [-0.15, -0.1) is 0 Å². The molecule has 0 saturated carbocycles. The fraction of sp³-hybridized carbons (Fsp3) is 0.222. The molecule has 0 heterocycles. The van der Waals surface area contributed by atoms with E-state index in [1.807, 2.05) is 0 Å². The van der Waals surface area contributed by atoms with Crippen LogP contribution >= 0.6 is 11.6 Å². The van der Waals surface area contributed by atoms with Crippen LogP contribution < -0.4 is 5.48 Å². The minimum Gasteiger partial charge on any atom is -0.290 e. The van der Waals surface area contributed by atoms with Crippen molar-refractivity contribution in [1.29, 1.82) is 5.41 Å². The summed E-state index contributed by atoms with van der Waals surface area (Å²) in [6, 6.07) is 5.80. The van der Waals surface area contributed by atoms with Gasteiger partial charge in [-0.2, -0.15) is 0 Å². The highest BCUT2D eigenvalue weighted by atomic mass is 35.5. The molecule has 0 fully saturated rings. The van der Waals surface area contributed by atoms with Gasteiger partial charge in [0.25, 0.3) is 0 Å². The molecule has 7 heteroatoms. The molecule has 5 nitrogen and oxygen atoms in total. The van der Waals surface area contributed by atoms with Crippen molar-refractivity contribution in [2.45, 2.75) is 11.3 Å². The van der Waals surface area contributed by atoms with Crippen molar-refractivity contribution < 1.29 is 13.6 Å². The summed E-state index contributed by atoms with van der Waals surface area (Å²) < 4.78 is 23.4. The van der Waals surface area contributed by atoms with Crippen molar-refractivity contribution >= 4 is 27.3 Å². The molecular weight excluding hydrogens is 252 g/mol. The van der Waals surface area contributed by atoms with Gasteiger partial charge in [-0.1, -0.05) is 11.6 Å². The number of halogens is 1. The van der Waals surface area contributed by atoms with Crippen molar-refractivity contribution in [3.63, 3.8) is 0 Å². The lowest BCUT2D eigenvalue weighted by atomic mass is 10.4. The van der Waals surface area contributed by atoms with Gasteiger partial charge in [0.05, 0.1) is 10.6 Å². The summed E-state index contributed by atoms with van der Waals surface area (Å²) in [5.41, 5.74) is 1.60. The van der Waals surface area contributed by atoms with Crippen LogP contribution in [0.5, 0.6) is 0 Å². The molecule has 0 saturated heterocycles. The van der Waals surface area contributed by atoms with Gasteiger partial charge >= 0.3 is 0 Å². The standard InChI is InChI=1S/C9H11ClN2O3S/c10-7-1-3-8(4-2-7)16(14,15)6-5-9(11)12-13/h1-4,13H,5-6H2,(H2,11,12). The van der Waals surface area contributed by atoms with E-state index in [4.69, 9.17) is 22.2 Å². The van der Waals surface area contributed by atoms with E-state index in [0.717, 1.165) is 0 Å². The zero-order valence-corrected chi connectivity index (χ0v) is 9.85. The van der Waals surface area contributed by atoms with Crippen LogP contribution in [-0.2, 0) is 9.84 Å². The van der Waals surface area contributed by atoms with Crippen LogP contribution in [0.15, 0.2) is 29.2 Å². The number of rotatable bonds is 4. The smallest absolute Gasteiger partial charge is 0.178 e. The molecule has 1 aromatic rings. The molecule has 0 aliphatic carbocycles. The van der Waals surface area contributed by atoms with Gasteiger partial charge in [-0.05, 0) is 24.3 Å². The molecule has 3 N–H and O–H groups in total. The molecule has 0 spiro atoms. The van der Waals surface area contributed by atoms with Crippen LogP contribution in [0.25, 0.3) is 0 Å². The molecule has 1 rings (SSSR count). The molecular formula is C9H11ClN2O3S. The molecule has 1 aromatic carbocycles. The summed E-state index contributed by atoms with van der Waals surface area (Å²) in [6.07, 6.45) is -0.0680. The molecule has 88 valence electrons. The number of nitrogens with one attached hydrogen (secondary N) is 2. The highest BCUT2D eigenvalue weighted by Gasteiger charge is 2.14. The van der Waals surface area contributed by atoms with Crippen LogP contribution in [0.2, 0.25) is 5.02 Å². The first-order valence-electron chi connectivity index (χ1n) is 4.41. The Morgan fingerprint density at radius 2 is 1.94 bits per heavy atom. The van der Waals surface area contributed by atoms with Gasteiger partial charge in [0.15, 0.2) is 9.84 Å². The third kappa shape index (κ3) is 3.48. The molecule has 0 aliphatic heterocycles. The summed E-state index contributed by atoms with van der Waals surface area (Å²) in [5, 5.41) is 15.9. The number of hydrogen-bond donors (Lipinski definition) is 3. The molecule has 16 heavy (non-hydrogen) atoms. The van der Waals surface area contributed by atoms with Gasteiger partial charge in [0.1, 0.15) is 5.84 Å². The molecule has 0 amide bonds. The van der Waals surface area contributed by atoms with E-state index in [9.17, 15) is 8.42 Å². The number of benzene rings is 1. The molecule has 0 radical (unpaired) electrons. The van der Waals surface area contributed by atoms with E-state index in [1.54, 1.807) is 5.48 Å². The molecule has 0 unspecified atom stereocenters. The Labute approximate surface area is 98.4 Å². The average Bonchev–Trinajstić information content (AvgIpc) is 2.26. The Kier molecular flexibility index (Phi) is 4.28. The summed E-state index contributed by atoms with van der Waals surface area (Å²) >= 11 is 5.64. The predicted octanol–water partition coefficient (Wildman–Crippen LogP) is 1.46. The van der Waals surface area contributed by atoms with Crippen LogP contribution in [0.1, 0.15) is 6.42 Å². The third-order valence-electron chi connectivity index (χ3n) is 1.93. The normalized spacial score (nSPS) is 11.1. The highest BCUT2D eigenvalue weighted by Crippen LogP contribution is 2.15. The third-order valence-corrected chi connectivity index (χ3v) is 3.91. The van der Waals surface area contributed by atoms with Gasteiger partial charge < -0.3 is 0 Å². The summed E-state index contributed by atoms with van der Waals surface area (Å²) in [7, 11) is -3.43. The number of hydroxylamine groups is 1. The first-order chi connectivity index (χ1) is 7.45. The van der Waals surface area contributed by atoms with Crippen LogP contribution in [-0.4, -0.2) is 25.2 Å². The van der Waals surface area contributed by atoms with E-state index >= 15 is 0 Å². The average molecular weight is 263 g/mol. The fourth-order valence-corrected chi connectivity index (χ4v) is 2.44. The van der Waals surface area contributed by atoms with Crippen molar-refractivity contribution in [2.75, 3.05) is 5.75 Å².